The highest BCUT2D eigenvalue weighted by Crippen LogP contribution is 2.22. The molecule has 3 heteroatoms. The molecule has 1 aliphatic heterocycles. The fraction of sp³-hybridized carbons (Fsp3) is 0.538. The van der Waals surface area contributed by atoms with Gasteiger partial charge in [0.2, 0.25) is 5.91 Å². The molecule has 0 aromatic carbocycles. The standard InChI is InChI=1S/C13H18N2O/c1-2-5-10-8-12(15-13(10)16)9-11-6-3-4-7-14-11/h3-4,6-7,10,12H,2,5,8-9H2,1H3,(H,15,16). The molecule has 3 nitrogen and oxygen atoms in total. The number of hydrogen-bond donors (Lipinski definition) is 1. The van der Waals surface area contributed by atoms with Crippen LogP contribution in [0.3, 0.4) is 0 Å². The summed E-state index contributed by atoms with van der Waals surface area (Å²) in [5.74, 6) is 0.446. The van der Waals surface area contributed by atoms with Gasteiger partial charge in [0.25, 0.3) is 0 Å². The van der Waals surface area contributed by atoms with Crippen LogP contribution in [0.2, 0.25) is 0 Å². The molecular formula is C13H18N2O. The Morgan fingerprint density at radius 3 is 3.06 bits per heavy atom. The molecule has 0 bridgehead atoms. The first-order valence-electron chi connectivity index (χ1n) is 6.00. The minimum atomic E-state index is 0.221. The van der Waals surface area contributed by atoms with Crippen molar-refractivity contribution in [3.63, 3.8) is 0 Å². The van der Waals surface area contributed by atoms with Crippen LogP contribution in [0.15, 0.2) is 24.4 Å². The van der Waals surface area contributed by atoms with Crippen molar-refractivity contribution in [2.75, 3.05) is 0 Å². The van der Waals surface area contributed by atoms with Crippen molar-refractivity contribution in [3.05, 3.63) is 30.1 Å². The third-order valence-electron chi connectivity index (χ3n) is 3.11. The van der Waals surface area contributed by atoms with E-state index in [9.17, 15) is 4.79 Å². The fourth-order valence-corrected chi connectivity index (χ4v) is 2.33. The summed E-state index contributed by atoms with van der Waals surface area (Å²) >= 11 is 0. The highest BCUT2D eigenvalue weighted by Gasteiger charge is 2.30. The smallest absolute Gasteiger partial charge is 0.223 e. The summed E-state index contributed by atoms with van der Waals surface area (Å²) in [5.41, 5.74) is 1.06. The Bertz CT molecular complexity index is 350. The molecule has 0 aliphatic carbocycles. The third kappa shape index (κ3) is 2.60. The van der Waals surface area contributed by atoms with Crippen LogP contribution < -0.4 is 5.32 Å². The predicted octanol–water partition coefficient (Wildman–Crippen LogP) is 1.93. The lowest BCUT2D eigenvalue weighted by molar-refractivity contribution is -0.122. The highest BCUT2D eigenvalue weighted by atomic mass is 16.2. The van der Waals surface area contributed by atoms with Gasteiger partial charge in [0.1, 0.15) is 0 Å². The van der Waals surface area contributed by atoms with E-state index in [1.807, 2.05) is 18.2 Å². The van der Waals surface area contributed by atoms with Gasteiger partial charge in [-0.25, -0.2) is 0 Å². The van der Waals surface area contributed by atoms with E-state index in [0.717, 1.165) is 31.4 Å². The number of carbonyl (C=O) groups excluding carboxylic acids is 1. The average molecular weight is 218 g/mol. The summed E-state index contributed by atoms with van der Waals surface area (Å²) in [7, 11) is 0. The van der Waals surface area contributed by atoms with Crippen molar-refractivity contribution in [1.29, 1.82) is 0 Å². The maximum atomic E-state index is 11.6. The van der Waals surface area contributed by atoms with E-state index in [-0.39, 0.29) is 17.9 Å². The van der Waals surface area contributed by atoms with Crippen molar-refractivity contribution in [1.82, 2.24) is 10.3 Å². The molecule has 2 rings (SSSR count). The molecule has 2 unspecified atom stereocenters. The summed E-state index contributed by atoms with van der Waals surface area (Å²) in [6, 6.07) is 6.19. The zero-order valence-corrected chi connectivity index (χ0v) is 9.65. The van der Waals surface area contributed by atoms with Gasteiger partial charge < -0.3 is 5.32 Å². The minimum absolute atomic E-state index is 0.221. The van der Waals surface area contributed by atoms with E-state index in [0.29, 0.717) is 0 Å². The summed E-state index contributed by atoms with van der Waals surface area (Å²) in [6.07, 6.45) is 5.70. The number of rotatable bonds is 4. The monoisotopic (exact) mass is 218 g/mol. The van der Waals surface area contributed by atoms with Gasteiger partial charge in [0.05, 0.1) is 0 Å². The highest BCUT2D eigenvalue weighted by molar-refractivity contribution is 5.81. The number of hydrogen-bond acceptors (Lipinski definition) is 2. The Morgan fingerprint density at radius 2 is 2.38 bits per heavy atom. The van der Waals surface area contributed by atoms with Crippen LogP contribution in [-0.2, 0) is 11.2 Å². The lowest BCUT2D eigenvalue weighted by atomic mass is 9.98. The first kappa shape index (κ1) is 11.1. The van der Waals surface area contributed by atoms with Crippen LogP contribution in [0.25, 0.3) is 0 Å². The van der Waals surface area contributed by atoms with Gasteiger partial charge >= 0.3 is 0 Å². The van der Waals surface area contributed by atoms with E-state index in [1.165, 1.54) is 0 Å². The van der Waals surface area contributed by atoms with E-state index in [2.05, 4.69) is 17.2 Å². The van der Waals surface area contributed by atoms with Crippen LogP contribution >= 0.6 is 0 Å². The van der Waals surface area contributed by atoms with Crippen LogP contribution in [-0.4, -0.2) is 16.9 Å². The number of pyridine rings is 1. The quantitative estimate of drug-likeness (QED) is 0.839. The Labute approximate surface area is 96.3 Å². The second kappa shape index (κ2) is 5.10. The number of amides is 1. The van der Waals surface area contributed by atoms with Crippen LogP contribution in [0, 0.1) is 5.92 Å². The van der Waals surface area contributed by atoms with Crippen molar-refractivity contribution in [3.8, 4) is 0 Å². The molecule has 0 saturated carbocycles. The average Bonchev–Trinajstić information content (AvgIpc) is 2.61. The van der Waals surface area contributed by atoms with Crippen LogP contribution in [0.1, 0.15) is 31.9 Å². The molecule has 1 saturated heterocycles. The minimum Gasteiger partial charge on any atom is -0.353 e. The SMILES string of the molecule is CCCC1CC(Cc2ccccn2)NC1=O. The zero-order chi connectivity index (χ0) is 11.4. The summed E-state index contributed by atoms with van der Waals surface area (Å²) < 4.78 is 0. The largest absolute Gasteiger partial charge is 0.353 e. The fourth-order valence-electron chi connectivity index (χ4n) is 2.33. The van der Waals surface area contributed by atoms with Crippen LogP contribution in [0.4, 0.5) is 0 Å². The van der Waals surface area contributed by atoms with Crippen molar-refractivity contribution < 1.29 is 4.79 Å². The van der Waals surface area contributed by atoms with Gasteiger partial charge in [-0.05, 0) is 25.0 Å². The summed E-state index contributed by atoms with van der Waals surface area (Å²) in [6.45, 7) is 2.12. The van der Waals surface area contributed by atoms with Gasteiger partial charge in [0.15, 0.2) is 0 Å². The second-order valence-corrected chi connectivity index (χ2v) is 4.45. The maximum absolute atomic E-state index is 11.6. The molecule has 1 N–H and O–H groups in total. The third-order valence-corrected chi connectivity index (χ3v) is 3.11. The van der Waals surface area contributed by atoms with Crippen molar-refractivity contribution >= 4 is 5.91 Å². The normalized spacial score (nSPS) is 24.4. The van der Waals surface area contributed by atoms with Gasteiger partial charge in [-0.15, -0.1) is 0 Å². The second-order valence-electron chi connectivity index (χ2n) is 4.45. The molecule has 1 amide bonds. The van der Waals surface area contributed by atoms with Gasteiger partial charge in [-0.3, -0.25) is 9.78 Å². The van der Waals surface area contributed by atoms with E-state index in [4.69, 9.17) is 0 Å². The van der Waals surface area contributed by atoms with Gasteiger partial charge in [-0.1, -0.05) is 19.4 Å². The molecule has 1 aromatic heterocycles. The molecule has 1 aliphatic rings. The zero-order valence-electron chi connectivity index (χ0n) is 9.65. The molecule has 1 aromatic rings. The Hall–Kier alpha value is -1.38. The Balaban J connectivity index is 1.91. The molecule has 86 valence electrons. The maximum Gasteiger partial charge on any atom is 0.223 e. The lowest BCUT2D eigenvalue weighted by Crippen LogP contribution is -2.28. The van der Waals surface area contributed by atoms with E-state index in [1.54, 1.807) is 6.20 Å². The summed E-state index contributed by atoms with van der Waals surface area (Å²) in [4.78, 5) is 15.9. The summed E-state index contributed by atoms with van der Waals surface area (Å²) in [5, 5.41) is 3.06. The molecule has 0 spiro atoms. The first-order valence-corrected chi connectivity index (χ1v) is 6.00. The number of nitrogens with one attached hydrogen (secondary N) is 1. The lowest BCUT2D eigenvalue weighted by Gasteiger charge is -2.08. The number of aromatic nitrogens is 1. The molecule has 2 heterocycles. The molecule has 1 fully saturated rings. The van der Waals surface area contributed by atoms with Crippen molar-refractivity contribution in [2.45, 2.75) is 38.6 Å². The molecule has 2 atom stereocenters. The molecular weight excluding hydrogens is 200 g/mol. The predicted molar refractivity (Wildman–Crippen MR) is 62.9 cm³/mol. The number of carbonyl (C=O) groups is 1. The topological polar surface area (TPSA) is 42.0 Å². The van der Waals surface area contributed by atoms with E-state index < -0.39 is 0 Å². The Kier molecular flexibility index (Phi) is 3.54. The van der Waals surface area contributed by atoms with Gasteiger partial charge in [-0.2, -0.15) is 0 Å². The molecule has 16 heavy (non-hydrogen) atoms. The Morgan fingerprint density at radius 1 is 1.50 bits per heavy atom. The number of nitrogens with zero attached hydrogens (tertiary/aromatic N) is 1. The first-order chi connectivity index (χ1) is 7.79. The molecule has 0 radical (unpaired) electrons. The van der Waals surface area contributed by atoms with Crippen LogP contribution in [0.5, 0.6) is 0 Å². The van der Waals surface area contributed by atoms with E-state index >= 15 is 0 Å². The van der Waals surface area contributed by atoms with Crippen molar-refractivity contribution in [2.24, 2.45) is 5.92 Å². The van der Waals surface area contributed by atoms with Gasteiger partial charge in [0, 0.05) is 30.3 Å².